The van der Waals surface area contributed by atoms with Crippen molar-refractivity contribution in [1.29, 1.82) is 0 Å². The summed E-state index contributed by atoms with van der Waals surface area (Å²) in [7, 11) is 1.58. The van der Waals surface area contributed by atoms with E-state index in [0.717, 1.165) is 5.56 Å². The van der Waals surface area contributed by atoms with Gasteiger partial charge >= 0.3 is 0 Å². The number of amides is 1. The van der Waals surface area contributed by atoms with Crippen LogP contribution in [0.5, 0.6) is 5.75 Å². The molecule has 0 aliphatic rings. The molecule has 7 heteroatoms. The quantitative estimate of drug-likeness (QED) is 0.714. The van der Waals surface area contributed by atoms with Crippen molar-refractivity contribution in [1.82, 2.24) is 9.78 Å². The van der Waals surface area contributed by atoms with Crippen LogP contribution in [0.25, 0.3) is 0 Å². The Morgan fingerprint density at radius 3 is 2.60 bits per heavy atom. The molecule has 0 atom stereocenters. The number of nitrogens with zero attached hydrogens (tertiary/aromatic N) is 2. The number of rotatable bonds is 5. The van der Waals surface area contributed by atoms with E-state index >= 15 is 0 Å². The molecule has 1 heterocycles. The molecule has 25 heavy (non-hydrogen) atoms. The van der Waals surface area contributed by atoms with Gasteiger partial charge in [-0.25, -0.2) is 0 Å². The lowest BCUT2D eigenvalue weighted by atomic mass is 10.2. The summed E-state index contributed by atoms with van der Waals surface area (Å²) in [5, 5.41) is 8.26. The highest BCUT2D eigenvalue weighted by atomic mass is 35.5. The SMILES string of the molecule is COc1ccc(C(=O)Nc2ccn(Cc3ccc(Cl)cc3Cl)n2)cc1. The lowest BCUT2D eigenvalue weighted by Gasteiger charge is -2.06. The van der Waals surface area contributed by atoms with E-state index in [1.165, 1.54) is 0 Å². The smallest absolute Gasteiger partial charge is 0.256 e. The third-order valence-electron chi connectivity index (χ3n) is 3.58. The van der Waals surface area contributed by atoms with Crippen molar-refractivity contribution in [3.05, 3.63) is 75.9 Å². The van der Waals surface area contributed by atoms with Gasteiger partial charge in [-0.2, -0.15) is 5.10 Å². The van der Waals surface area contributed by atoms with Crippen LogP contribution in [0.3, 0.4) is 0 Å². The van der Waals surface area contributed by atoms with Gasteiger partial charge in [0.15, 0.2) is 5.82 Å². The highest BCUT2D eigenvalue weighted by Gasteiger charge is 2.09. The highest BCUT2D eigenvalue weighted by molar-refractivity contribution is 6.35. The number of hydrogen-bond donors (Lipinski definition) is 1. The number of hydrogen-bond acceptors (Lipinski definition) is 3. The molecular weight excluding hydrogens is 361 g/mol. The Bertz CT molecular complexity index is 892. The van der Waals surface area contributed by atoms with Gasteiger partial charge in [0.2, 0.25) is 0 Å². The van der Waals surface area contributed by atoms with Crippen LogP contribution in [0.1, 0.15) is 15.9 Å². The molecule has 0 unspecified atom stereocenters. The van der Waals surface area contributed by atoms with E-state index in [0.29, 0.717) is 33.7 Å². The molecule has 3 aromatic rings. The molecule has 1 amide bonds. The van der Waals surface area contributed by atoms with E-state index in [4.69, 9.17) is 27.9 Å². The number of anilines is 1. The molecule has 0 saturated heterocycles. The standard InChI is InChI=1S/C18H15Cl2N3O2/c1-25-15-6-3-12(4-7-15)18(24)21-17-8-9-23(22-17)11-13-2-5-14(19)10-16(13)20/h2-10H,11H2,1H3,(H,21,22,24). The number of benzene rings is 2. The minimum atomic E-state index is -0.238. The first-order valence-corrected chi connectivity index (χ1v) is 8.23. The molecule has 0 radical (unpaired) electrons. The number of nitrogens with one attached hydrogen (secondary N) is 1. The minimum Gasteiger partial charge on any atom is -0.497 e. The Morgan fingerprint density at radius 1 is 1.16 bits per heavy atom. The second-order valence-electron chi connectivity index (χ2n) is 5.32. The van der Waals surface area contributed by atoms with Crippen LogP contribution in [0.2, 0.25) is 10.0 Å². The van der Waals surface area contributed by atoms with E-state index in [1.54, 1.807) is 60.5 Å². The van der Waals surface area contributed by atoms with Gasteiger partial charge < -0.3 is 10.1 Å². The molecule has 3 rings (SSSR count). The number of halogens is 2. The van der Waals surface area contributed by atoms with Crippen molar-refractivity contribution < 1.29 is 9.53 Å². The van der Waals surface area contributed by atoms with Crippen LogP contribution < -0.4 is 10.1 Å². The lowest BCUT2D eigenvalue weighted by molar-refractivity contribution is 0.102. The van der Waals surface area contributed by atoms with Crippen molar-refractivity contribution in [2.24, 2.45) is 0 Å². The van der Waals surface area contributed by atoms with E-state index in [1.807, 2.05) is 6.07 Å². The summed E-state index contributed by atoms with van der Waals surface area (Å²) in [4.78, 5) is 12.2. The van der Waals surface area contributed by atoms with Crippen LogP contribution in [0, 0.1) is 0 Å². The minimum absolute atomic E-state index is 0.238. The van der Waals surface area contributed by atoms with Crippen LogP contribution in [-0.2, 0) is 6.54 Å². The van der Waals surface area contributed by atoms with Crippen molar-refractivity contribution in [3.8, 4) is 5.75 Å². The molecule has 0 spiro atoms. The molecule has 2 aromatic carbocycles. The molecule has 0 bridgehead atoms. The molecule has 1 aromatic heterocycles. The number of aromatic nitrogens is 2. The van der Waals surface area contributed by atoms with Gasteiger partial charge in [-0.05, 0) is 42.0 Å². The molecule has 0 saturated carbocycles. The average Bonchev–Trinajstić information content (AvgIpc) is 3.04. The summed E-state index contributed by atoms with van der Waals surface area (Å²) < 4.78 is 6.77. The van der Waals surface area contributed by atoms with Crippen LogP contribution >= 0.6 is 23.2 Å². The van der Waals surface area contributed by atoms with Gasteiger partial charge in [0.05, 0.1) is 13.7 Å². The van der Waals surface area contributed by atoms with Crippen LogP contribution in [0.15, 0.2) is 54.7 Å². The fraction of sp³-hybridized carbons (Fsp3) is 0.111. The Labute approximate surface area is 155 Å². The summed E-state index contributed by atoms with van der Waals surface area (Å²) >= 11 is 12.1. The van der Waals surface area contributed by atoms with Crippen LogP contribution in [-0.4, -0.2) is 22.8 Å². The number of carbonyl (C=O) groups is 1. The number of carbonyl (C=O) groups excluding carboxylic acids is 1. The van der Waals surface area contributed by atoms with E-state index < -0.39 is 0 Å². The molecule has 0 aliphatic heterocycles. The Morgan fingerprint density at radius 2 is 1.92 bits per heavy atom. The average molecular weight is 376 g/mol. The predicted octanol–water partition coefficient (Wildman–Crippen LogP) is 4.50. The Kier molecular flexibility index (Phi) is 5.26. The number of ether oxygens (including phenoxy) is 1. The maximum absolute atomic E-state index is 12.2. The second-order valence-corrected chi connectivity index (χ2v) is 6.16. The van der Waals surface area contributed by atoms with Crippen molar-refractivity contribution >= 4 is 34.9 Å². The molecule has 1 N–H and O–H groups in total. The Balaban J connectivity index is 1.67. The summed E-state index contributed by atoms with van der Waals surface area (Å²) in [6.07, 6.45) is 1.77. The second kappa shape index (κ2) is 7.59. The summed E-state index contributed by atoms with van der Waals surface area (Å²) in [5.74, 6) is 0.920. The van der Waals surface area contributed by atoms with Crippen molar-refractivity contribution in [2.75, 3.05) is 12.4 Å². The van der Waals surface area contributed by atoms with Gasteiger partial charge in [-0.1, -0.05) is 29.3 Å². The maximum Gasteiger partial charge on any atom is 0.256 e. The van der Waals surface area contributed by atoms with Crippen LogP contribution in [0.4, 0.5) is 5.82 Å². The van der Waals surface area contributed by atoms with Gasteiger partial charge in [0.1, 0.15) is 5.75 Å². The first kappa shape index (κ1) is 17.3. The molecule has 0 aliphatic carbocycles. The number of methoxy groups -OCH3 is 1. The first-order valence-electron chi connectivity index (χ1n) is 7.48. The van der Waals surface area contributed by atoms with E-state index in [-0.39, 0.29) is 5.91 Å². The molecule has 5 nitrogen and oxygen atoms in total. The maximum atomic E-state index is 12.2. The molecule has 0 fully saturated rings. The Hall–Kier alpha value is -2.50. The predicted molar refractivity (Wildman–Crippen MR) is 98.7 cm³/mol. The molecular formula is C18H15Cl2N3O2. The van der Waals surface area contributed by atoms with Gasteiger partial charge in [-0.3, -0.25) is 9.48 Å². The third kappa shape index (κ3) is 4.32. The van der Waals surface area contributed by atoms with Crippen molar-refractivity contribution in [2.45, 2.75) is 6.54 Å². The monoisotopic (exact) mass is 375 g/mol. The zero-order valence-corrected chi connectivity index (χ0v) is 14.9. The summed E-state index contributed by atoms with van der Waals surface area (Å²) in [6, 6.07) is 13.9. The van der Waals surface area contributed by atoms with E-state index in [9.17, 15) is 4.79 Å². The fourth-order valence-electron chi connectivity index (χ4n) is 2.27. The topological polar surface area (TPSA) is 56.1 Å². The largest absolute Gasteiger partial charge is 0.497 e. The third-order valence-corrected chi connectivity index (χ3v) is 4.17. The summed E-state index contributed by atoms with van der Waals surface area (Å²) in [5.41, 5.74) is 1.42. The highest BCUT2D eigenvalue weighted by Crippen LogP contribution is 2.22. The van der Waals surface area contributed by atoms with Gasteiger partial charge in [0.25, 0.3) is 5.91 Å². The molecule has 128 valence electrons. The first-order chi connectivity index (χ1) is 12.0. The van der Waals surface area contributed by atoms with Gasteiger partial charge in [-0.15, -0.1) is 0 Å². The van der Waals surface area contributed by atoms with Gasteiger partial charge in [0, 0.05) is 27.9 Å². The zero-order chi connectivity index (χ0) is 17.8. The lowest BCUT2D eigenvalue weighted by Crippen LogP contribution is -2.12. The summed E-state index contributed by atoms with van der Waals surface area (Å²) in [6.45, 7) is 0.481. The fourth-order valence-corrected chi connectivity index (χ4v) is 2.74. The van der Waals surface area contributed by atoms with E-state index in [2.05, 4.69) is 10.4 Å². The van der Waals surface area contributed by atoms with Crippen molar-refractivity contribution in [3.63, 3.8) is 0 Å². The normalized spacial score (nSPS) is 10.5. The zero-order valence-electron chi connectivity index (χ0n) is 13.4.